The normalized spacial score (nSPS) is 11.5. The van der Waals surface area contributed by atoms with Crippen molar-refractivity contribution in [2.24, 2.45) is 0 Å². The van der Waals surface area contributed by atoms with E-state index in [1.54, 1.807) is 0 Å². The molecule has 27 rings (SSSR count). The second-order valence-corrected chi connectivity index (χ2v) is 34.5. The van der Waals surface area contributed by atoms with Gasteiger partial charge in [-0.05, 0) is 105 Å². The van der Waals surface area contributed by atoms with Crippen LogP contribution in [0.3, 0.4) is 0 Å². The second-order valence-electron chi connectivity index (χ2n) is 34.5. The predicted octanol–water partition coefficient (Wildman–Crippen LogP) is 30.9. The zero-order valence-corrected chi connectivity index (χ0v) is 74.9. The highest BCUT2D eigenvalue weighted by molar-refractivity contribution is 6.04. The SMILES string of the molecule is c1ccc(-c2cn(-c3cc(-n4cc(-c5ccccc5)c5ccccc54)nc(-n4cc(-c5ccccc5)c5ccccc54)c3)c3ccccc23)cc1.c1ccc(-c2cn(-c3cccc(-n4cc(-c5ccccc5)c5ccccc54)n3)c3ccccc23)cc1.c1ccc(-c2cn(-c3nc(-n4cc(-c5ccccc5)c5ccccc54)nc(-n4cc(-c5ccccc5)c5ccccc54)n3)c3ccccc23)cc1. The van der Waals surface area contributed by atoms with E-state index < -0.39 is 0 Å². The Morgan fingerprint density at radius 3 is 0.500 bits per heavy atom. The predicted molar refractivity (Wildman–Crippen MR) is 566 cm³/mol. The minimum atomic E-state index is 0.534. The van der Waals surface area contributed by atoms with E-state index in [-0.39, 0.29) is 0 Å². The molecular formula is C125H85N13. The van der Waals surface area contributed by atoms with Crippen LogP contribution in [0.1, 0.15) is 0 Å². The van der Waals surface area contributed by atoms with Gasteiger partial charge in [-0.25, -0.2) is 9.97 Å². The van der Waals surface area contributed by atoms with Crippen molar-refractivity contribution in [1.29, 1.82) is 0 Å². The van der Waals surface area contributed by atoms with Gasteiger partial charge in [0.25, 0.3) is 0 Å². The van der Waals surface area contributed by atoms with Crippen LogP contribution in [0.25, 0.3) is 223 Å². The van der Waals surface area contributed by atoms with E-state index in [0.29, 0.717) is 17.8 Å². The molecular weight excluding hydrogens is 1680 g/mol. The first-order valence-electron chi connectivity index (χ1n) is 46.5. The van der Waals surface area contributed by atoms with Gasteiger partial charge in [0.1, 0.15) is 23.3 Å². The summed E-state index contributed by atoms with van der Waals surface area (Å²) >= 11 is 0. The van der Waals surface area contributed by atoms with Crippen molar-refractivity contribution in [3.05, 3.63) is 517 Å². The lowest BCUT2D eigenvalue weighted by molar-refractivity contribution is 0.826. The highest BCUT2D eigenvalue weighted by Gasteiger charge is 2.26. The quantitative estimate of drug-likeness (QED) is 0.0958. The number of hydrogen-bond donors (Lipinski definition) is 0. The van der Waals surface area contributed by atoms with Crippen LogP contribution in [0.4, 0.5) is 0 Å². The molecule has 16 aromatic carbocycles. The standard InChI is InChI=1S/C47H32N4.C45H30N6.C33H23N3/c1-4-16-33(17-5-1)40-30-49(43-25-13-10-22-37(40)43)36-28-46(50-31-41(34-18-6-2-7-19-34)38-23-11-14-26-44(38)50)48-47(29-36)51-32-42(35-20-8-3-9-21-35)39-24-12-15-27-45(39)51;1-4-16-31(17-5-1)37-28-49(40-25-13-10-22-34(37)40)43-46-44(50-29-38(32-18-6-2-7-19-32)35-23-11-14-26-41(35)50)48-45(47-43)51-30-39(33-20-8-3-9-21-33)36-24-12-15-27-42(36)51;1-3-12-24(13-4-1)28-22-35(30-18-9-7-16-26(28)30)32-20-11-21-33(34-32)36-23-29(25-14-5-2-6-15-25)27-17-8-10-19-31(27)36/h1-32H;1-30H;1-23H. The van der Waals surface area contributed by atoms with E-state index in [4.69, 9.17) is 24.9 Å². The zero-order chi connectivity index (χ0) is 91.4. The molecule has 0 aliphatic heterocycles. The van der Waals surface area contributed by atoms with Crippen molar-refractivity contribution in [2.45, 2.75) is 0 Å². The maximum Gasteiger partial charge on any atom is 0.240 e. The lowest BCUT2D eigenvalue weighted by Gasteiger charge is -2.14. The summed E-state index contributed by atoms with van der Waals surface area (Å²) in [6, 6.07) is 163. The van der Waals surface area contributed by atoms with E-state index in [2.05, 4.69) is 535 Å². The third-order valence-electron chi connectivity index (χ3n) is 26.4. The molecule has 0 amide bonds. The minimum Gasteiger partial charge on any atom is -0.316 e. The average Bonchev–Trinajstić information content (AvgIpc) is 1.58. The van der Waals surface area contributed by atoms with Crippen LogP contribution in [0.15, 0.2) is 517 Å². The van der Waals surface area contributed by atoms with E-state index in [1.165, 1.54) is 82.6 Å². The van der Waals surface area contributed by atoms with E-state index in [9.17, 15) is 0 Å². The van der Waals surface area contributed by atoms with Gasteiger partial charge in [0.15, 0.2) is 0 Å². The molecule has 0 spiro atoms. The van der Waals surface area contributed by atoms with Gasteiger partial charge >= 0.3 is 0 Å². The molecule has 0 N–H and O–H groups in total. The molecule has 11 aromatic heterocycles. The van der Waals surface area contributed by atoms with Gasteiger partial charge in [0.2, 0.25) is 17.8 Å². The summed E-state index contributed by atoms with van der Waals surface area (Å²) in [6.07, 6.45) is 17.6. The third kappa shape index (κ3) is 14.8. The molecule has 0 saturated carbocycles. The molecule has 0 fully saturated rings. The highest BCUT2D eigenvalue weighted by Crippen LogP contribution is 2.43. The summed E-state index contributed by atoms with van der Waals surface area (Å²) in [4.78, 5) is 26.4. The number of fused-ring (bicyclic) bond motifs is 8. The summed E-state index contributed by atoms with van der Waals surface area (Å²) in [6.45, 7) is 0. The first-order valence-corrected chi connectivity index (χ1v) is 46.5. The number of nitrogens with zero attached hydrogens (tertiary/aromatic N) is 13. The molecule has 650 valence electrons. The number of hydrogen-bond acceptors (Lipinski definition) is 5. The molecule has 0 bridgehead atoms. The topological polar surface area (TPSA) is 104 Å². The summed E-state index contributed by atoms with van der Waals surface area (Å²) in [5.41, 5.74) is 28.4. The first-order chi connectivity index (χ1) is 68.5. The molecule has 0 atom stereocenters. The molecule has 0 radical (unpaired) electrons. The summed E-state index contributed by atoms with van der Waals surface area (Å²) < 4.78 is 17.5. The van der Waals surface area contributed by atoms with Crippen molar-refractivity contribution >= 4 is 87.2 Å². The van der Waals surface area contributed by atoms with Crippen molar-refractivity contribution in [2.75, 3.05) is 0 Å². The summed E-state index contributed by atoms with van der Waals surface area (Å²) in [5.74, 6) is 5.08. The van der Waals surface area contributed by atoms with Gasteiger partial charge in [-0.2, -0.15) is 15.0 Å². The first kappa shape index (κ1) is 81.2. The number of pyridine rings is 2. The Labute approximate surface area is 795 Å². The highest BCUT2D eigenvalue weighted by atomic mass is 15.3. The fourth-order valence-electron chi connectivity index (χ4n) is 19.9. The van der Waals surface area contributed by atoms with E-state index in [1.807, 2.05) is 18.2 Å². The van der Waals surface area contributed by atoms with Gasteiger partial charge in [-0.3, -0.25) is 13.7 Å². The number of rotatable bonds is 16. The Hall–Kier alpha value is -18.9. The lowest BCUT2D eigenvalue weighted by Crippen LogP contribution is -2.12. The second kappa shape index (κ2) is 35.0. The molecule has 0 saturated heterocycles. The fourth-order valence-corrected chi connectivity index (χ4v) is 19.9. The molecule has 0 aliphatic rings. The van der Waals surface area contributed by atoms with Crippen molar-refractivity contribution in [1.82, 2.24) is 61.5 Å². The van der Waals surface area contributed by atoms with Gasteiger partial charge < -0.3 is 22.8 Å². The van der Waals surface area contributed by atoms with Crippen molar-refractivity contribution in [3.8, 4) is 136 Å². The third-order valence-corrected chi connectivity index (χ3v) is 26.4. The van der Waals surface area contributed by atoms with Crippen LogP contribution in [0, 0.1) is 0 Å². The molecule has 0 aliphatic carbocycles. The lowest BCUT2D eigenvalue weighted by atomic mass is 10.1. The molecule has 138 heavy (non-hydrogen) atoms. The number of benzene rings is 16. The smallest absolute Gasteiger partial charge is 0.240 e. The Kier molecular flexibility index (Phi) is 20.6. The van der Waals surface area contributed by atoms with Crippen molar-refractivity contribution in [3.63, 3.8) is 0 Å². The Morgan fingerprint density at radius 1 is 0.123 bits per heavy atom. The Balaban J connectivity index is 0.000000112. The molecule has 27 aromatic rings. The van der Waals surface area contributed by atoms with E-state index in [0.717, 1.165) is 123 Å². The van der Waals surface area contributed by atoms with Crippen molar-refractivity contribution < 1.29 is 0 Å². The molecule has 0 unspecified atom stereocenters. The van der Waals surface area contributed by atoms with Gasteiger partial charge in [0, 0.05) is 149 Å². The molecule has 13 heteroatoms. The van der Waals surface area contributed by atoms with Crippen LogP contribution in [0.2, 0.25) is 0 Å². The summed E-state index contributed by atoms with van der Waals surface area (Å²) in [5, 5.41) is 9.40. The van der Waals surface area contributed by atoms with Crippen LogP contribution in [-0.4, -0.2) is 61.5 Å². The van der Waals surface area contributed by atoms with Crippen LogP contribution in [0.5, 0.6) is 0 Å². The van der Waals surface area contributed by atoms with Crippen LogP contribution < -0.4 is 0 Å². The molecule has 13 nitrogen and oxygen atoms in total. The largest absolute Gasteiger partial charge is 0.316 e. The Morgan fingerprint density at radius 2 is 0.283 bits per heavy atom. The number of aromatic nitrogens is 13. The van der Waals surface area contributed by atoms with Crippen LogP contribution in [-0.2, 0) is 0 Å². The summed E-state index contributed by atoms with van der Waals surface area (Å²) in [7, 11) is 0. The number of para-hydroxylation sites is 8. The van der Waals surface area contributed by atoms with E-state index >= 15 is 0 Å². The average molecular weight is 1770 g/mol. The molecule has 11 heterocycles. The minimum absolute atomic E-state index is 0.534. The van der Waals surface area contributed by atoms with Gasteiger partial charge in [0.05, 0.1) is 49.8 Å². The monoisotopic (exact) mass is 1770 g/mol. The van der Waals surface area contributed by atoms with Gasteiger partial charge in [-0.15, -0.1) is 0 Å². The van der Waals surface area contributed by atoms with Gasteiger partial charge in [-0.1, -0.05) is 394 Å². The zero-order valence-electron chi connectivity index (χ0n) is 74.9. The maximum atomic E-state index is 5.47. The maximum absolute atomic E-state index is 5.47. The Bertz CT molecular complexity index is 8000. The van der Waals surface area contributed by atoms with Crippen LogP contribution >= 0.6 is 0 Å². The fraction of sp³-hybridized carbons (Fsp3) is 0.